The van der Waals surface area contributed by atoms with Gasteiger partial charge in [-0.1, -0.05) is 47.8 Å². The second-order valence-electron chi connectivity index (χ2n) is 17.9. The van der Waals surface area contributed by atoms with Crippen molar-refractivity contribution in [3.63, 3.8) is 0 Å². The Hall–Kier alpha value is -10.2. The molecular formula is C62H70N2O24S2. The number of thioether (sulfide) groups is 2. The number of amides is 4. The molecule has 26 nitrogen and oxygen atoms in total. The third-order valence-corrected chi connectivity index (χ3v) is 13.8. The van der Waals surface area contributed by atoms with Crippen LogP contribution in [-0.2, 0) is 63.8 Å². The molecule has 2 heterocycles. The summed E-state index contributed by atoms with van der Waals surface area (Å²) in [4.78, 5) is 89.1. The fourth-order valence-corrected chi connectivity index (χ4v) is 9.12. The van der Waals surface area contributed by atoms with Crippen LogP contribution < -0.4 is 39.1 Å². The van der Waals surface area contributed by atoms with E-state index in [-0.39, 0.29) is 87.3 Å². The minimum Gasteiger partial charge on any atom is -0.504 e. The highest BCUT2D eigenvalue weighted by atomic mass is 32.2. The van der Waals surface area contributed by atoms with Crippen molar-refractivity contribution in [2.45, 2.75) is 50.0 Å². The Morgan fingerprint density at radius 3 is 1.08 bits per heavy atom. The van der Waals surface area contributed by atoms with Crippen LogP contribution >= 0.6 is 23.5 Å². The molecule has 2 aliphatic rings. The maximum atomic E-state index is 11.4. The average Bonchev–Trinajstić information content (AvgIpc) is 3.14. The van der Waals surface area contributed by atoms with E-state index < -0.39 is 22.4 Å². The predicted molar refractivity (Wildman–Crippen MR) is 329 cm³/mol. The number of imide groups is 2. The topological polar surface area (TPSA) is 374 Å². The highest BCUT2D eigenvalue weighted by molar-refractivity contribution is 8.15. The van der Waals surface area contributed by atoms with Gasteiger partial charge in [0.2, 0.25) is 11.8 Å². The van der Waals surface area contributed by atoms with Gasteiger partial charge in [0.1, 0.15) is 0 Å². The molecule has 0 saturated carbocycles. The minimum atomic E-state index is -0.453. The normalized spacial score (nSPS) is 13.2. The van der Waals surface area contributed by atoms with E-state index in [9.17, 15) is 69.0 Å². The molecule has 28 heteroatoms. The van der Waals surface area contributed by atoms with Crippen LogP contribution in [0, 0.1) is 0 Å². The molecule has 8 rings (SSSR count). The van der Waals surface area contributed by atoms with E-state index in [0.717, 1.165) is 40.2 Å². The zero-order chi connectivity index (χ0) is 67.0. The van der Waals surface area contributed by atoms with Gasteiger partial charge in [0, 0.05) is 0 Å². The van der Waals surface area contributed by atoms with E-state index in [1.54, 1.807) is 62.4 Å². The summed E-state index contributed by atoms with van der Waals surface area (Å²) in [6.45, 7) is 4.09. The molecule has 8 N–H and O–H groups in total. The fraction of sp³-hybridized carbons (Fsp3) is 0.290. The van der Waals surface area contributed by atoms with E-state index in [1.807, 2.05) is 0 Å². The van der Waals surface area contributed by atoms with Crippen molar-refractivity contribution in [1.29, 1.82) is 0 Å². The first-order valence-corrected chi connectivity index (χ1v) is 28.4. The van der Waals surface area contributed by atoms with Gasteiger partial charge < -0.3 is 78.0 Å². The van der Waals surface area contributed by atoms with Crippen molar-refractivity contribution in [1.82, 2.24) is 10.6 Å². The maximum absolute atomic E-state index is 11.4. The fourth-order valence-electron chi connectivity index (χ4n) is 7.40. The van der Waals surface area contributed by atoms with Crippen LogP contribution in [0.1, 0.15) is 56.8 Å². The van der Waals surface area contributed by atoms with Crippen LogP contribution in [0.4, 0.5) is 9.59 Å². The molecule has 2 atom stereocenters. The summed E-state index contributed by atoms with van der Waals surface area (Å²) in [5.74, 6) is 0.0688. The van der Waals surface area contributed by atoms with E-state index in [2.05, 4.69) is 20.1 Å². The number of benzene rings is 6. The van der Waals surface area contributed by atoms with Crippen LogP contribution in [0.2, 0.25) is 0 Å². The van der Waals surface area contributed by atoms with Crippen LogP contribution in [0.3, 0.4) is 0 Å². The highest BCUT2D eigenvalue weighted by Crippen LogP contribution is 2.33. The number of aromatic hydroxyl groups is 6. The Morgan fingerprint density at radius 2 is 0.700 bits per heavy atom. The molecule has 0 spiro atoms. The summed E-state index contributed by atoms with van der Waals surface area (Å²) in [5.41, 5.74) is 3.72. The summed E-state index contributed by atoms with van der Waals surface area (Å²) in [6, 6.07) is 28.0. The smallest absolute Gasteiger partial charge is 0.338 e. The van der Waals surface area contributed by atoms with Gasteiger partial charge in [-0.05, 0) is 134 Å². The third-order valence-electron chi connectivity index (χ3n) is 11.9. The predicted octanol–water partition coefficient (Wildman–Crippen LogP) is 7.98. The van der Waals surface area contributed by atoms with Gasteiger partial charge in [-0.2, -0.15) is 0 Å². The molecule has 90 heavy (non-hydrogen) atoms. The molecule has 0 aliphatic carbocycles. The minimum absolute atomic E-state index is 0.000508. The molecule has 0 aromatic heterocycles. The molecule has 2 unspecified atom stereocenters. The van der Waals surface area contributed by atoms with Crippen molar-refractivity contribution >= 4 is 69.7 Å². The van der Waals surface area contributed by atoms with Crippen molar-refractivity contribution in [2.24, 2.45) is 0 Å². The quantitative estimate of drug-likeness (QED) is 0.0298. The number of phenols is 6. The number of methoxy groups -OCH3 is 8. The molecular weight excluding hydrogens is 1220 g/mol. The molecule has 0 radical (unpaired) electrons. The summed E-state index contributed by atoms with van der Waals surface area (Å²) < 4.78 is 47.9. The summed E-state index contributed by atoms with van der Waals surface area (Å²) in [6.07, 6.45) is 1.15. The second-order valence-corrected chi connectivity index (χ2v) is 20.3. The van der Waals surface area contributed by atoms with Gasteiger partial charge >= 0.3 is 23.9 Å². The van der Waals surface area contributed by atoms with Crippen molar-refractivity contribution in [3.05, 3.63) is 143 Å². The average molecular weight is 1290 g/mol. The molecule has 0 bridgehead atoms. The number of ether oxygens (including phenoxy) is 10. The van der Waals surface area contributed by atoms with Gasteiger partial charge in [-0.15, -0.1) is 0 Å². The van der Waals surface area contributed by atoms with Gasteiger partial charge in [0.25, 0.3) is 10.5 Å². The Kier molecular flexibility index (Phi) is 31.4. The number of carbonyl (C=O) groups is 8. The Morgan fingerprint density at radius 1 is 0.389 bits per heavy atom. The zero-order valence-corrected chi connectivity index (χ0v) is 52.3. The van der Waals surface area contributed by atoms with Gasteiger partial charge in [-0.25, -0.2) is 9.59 Å². The summed E-state index contributed by atoms with van der Waals surface area (Å²) in [7, 11) is 11.4. The zero-order valence-electron chi connectivity index (χ0n) is 50.6. The highest BCUT2D eigenvalue weighted by Gasteiger charge is 2.33. The Balaban J connectivity index is 0.000000283. The molecule has 2 saturated heterocycles. The first kappa shape index (κ1) is 74.0. The molecule has 484 valence electrons. The van der Waals surface area contributed by atoms with Crippen LogP contribution in [0.5, 0.6) is 69.0 Å². The lowest BCUT2D eigenvalue weighted by atomic mass is 10.1. The Bertz CT molecular complexity index is 3430. The molecule has 4 amide bonds. The molecule has 2 fully saturated rings. The van der Waals surface area contributed by atoms with Crippen molar-refractivity contribution in [2.75, 3.05) is 70.1 Å². The number of carbonyl (C=O) groups excluding carboxylic acids is 8. The third kappa shape index (κ3) is 24.2. The van der Waals surface area contributed by atoms with E-state index in [4.69, 9.17) is 37.9 Å². The SMILES string of the molecule is CCOC(=O)c1ccc(O)c(OC)c1.CCOC(=O)c1ccc(OC)c(O)c1.COC(=O)Cc1ccc(O)c(OC)c1.COC(=O)Cc1ccc(OC)c(O)c1.COc1cc(CC2SC(=O)NC2=O)ccc1O.COc1ccc(CC2SC(=O)NC2=O)cc1O. The monoisotopic (exact) mass is 1290 g/mol. The largest absolute Gasteiger partial charge is 0.504 e. The van der Waals surface area contributed by atoms with E-state index in [0.29, 0.717) is 71.5 Å². The second kappa shape index (κ2) is 38.1. The number of hydrogen-bond donors (Lipinski definition) is 8. The Labute approximate surface area is 526 Å². The lowest BCUT2D eigenvalue weighted by Crippen LogP contribution is -2.25. The van der Waals surface area contributed by atoms with Crippen molar-refractivity contribution < 1.29 is 116 Å². The first-order chi connectivity index (χ1) is 42.9. The first-order valence-electron chi connectivity index (χ1n) is 26.6. The number of rotatable bonds is 18. The summed E-state index contributed by atoms with van der Waals surface area (Å²) in [5, 5.41) is 59.3. The molecule has 6 aromatic rings. The van der Waals surface area contributed by atoms with E-state index >= 15 is 0 Å². The van der Waals surface area contributed by atoms with Crippen LogP contribution in [0.25, 0.3) is 0 Å². The number of nitrogens with one attached hydrogen (secondary N) is 2. The lowest BCUT2D eigenvalue weighted by molar-refractivity contribution is -0.140. The van der Waals surface area contributed by atoms with Gasteiger partial charge in [0.05, 0.1) is 105 Å². The molecule has 2 aliphatic heterocycles. The van der Waals surface area contributed by atoms with Crippen LogP contribution in [-0.4, -0.2) is 157 Å². The lowest BCUT2D eigenvalue weighted by Gasteiger charge is -2.08. The van der Waals surface area contributed by atoms with Crippen molar-refractivity contribution in [3.8, 4) is 69.0 Å². The summed E-state index contributed by atoms with van der Waals surface area (Å²) >= 11 is 1.96. The maximum Gasteiger partial charge on any atom is 0.338 e. The van der Waals surface area contributed by atoms with Gasteiger partial charge in [0.15, 0.2) is 69.0 Å². The number of esters is 4. The number of hydrogen-bond acceptors (Lipinski definition) is 26. The van der Waals surface area contributed by atoms with Crippen LogP contribution in [0.15, 0.2) is 109 Å². The van der Waals surface area contributed by atoms with E-state index in [1.165, 1.54) is 118 Å². The van der Waals surface area contributed by atoms with Gasteiger partial charge in [-0.3, -0.25) is 39.4 Å². The number of phenolic OH excluding ortho intramolecular Hbond substituents is 6. The molecule has 6 aromatic carbocycles. The standard InChI is InChI=1S/2C11H11NO4S.4C10H12O4/c1-16-8-3-2-6(4-7(8)13)5-9-10(14)12-11(15)17-9;1-16-8-4-6(2-3-7(8)13)5-9-10(14)12-11(15)17-9;1-13-9-4-3-7(5-8(9)11)6-10(12)14-2;1-13-9-5-7(3-4-8(9)11)6-10(12)14-2;1-3-14-10(12)7-4-5-9(13-2)8(11)6-7;1-3-14-10(12)7-4-5-8(11)9(6-7)13-2/h2*2-4,9,13H,5H2,1H3,(H,12,14,15);2*3-5,11H,6H2,1-2H3;2*4-6,11H,3H2,1-2H3.